The van der Waals surface area contributed by atoms with E-state index >= 15 is 0 Å². The molecule has 1 heteroatoms. The molecule has 0 saturated heterocycles. The number of carbonyl (C=O) groups excluding carboxylic acids is 1. The van der Waals surface area contributed by atoms with Gasteiger partial charge < -0.3 is 0 Å². The molecule has 0 radical (unpaired) electrons. The van der Waals surface area contributed by atoms with Gasteiger partial charge in [0.2, 0.25) is 0 Å². The Kier molecular flexibility index (Phi) is 3.80. The van der Waals surface area contributed by atoms with Gasteiger partial charge in [0, 0.05) is 5.41 Å². The van der Waals surface area contributed by atoms with Crippen LogP contribution in [0.2, 0.25) is 0 Å². The highest BCUT2D eigenvalue weighted by molar-refractivity contribution is 5.87. The molecule has 0 heterocycles. The van der Waals surface area contributed by atoms with E-state index in [1.807, 2.05) is 19.1 Å². The van der Waals surface area contributed by atoms with Crippen molar-refractivity contribution in [1.29, 1.82) is 0 Å². The molecule has 0 unspecified atom stereocenters. The van der Waals surface area contributed by atoms with Gasteiger partial charge in [0.05, 0.1) is 0 Å². The highest BCUT2D eigenvalue weighted by atomic mass is 16.1. The van der Waals surface area contributed by atoms with Crippen LogP contribution in [-0.2, 0) is 4.79 Å². The predicted octanol–water partition coefficient (Wildman–Crippen LogP) is 2.73. The molecule has 0 amide bonds. The summed E-state index contributed by atoms with van der Waals surface area (Å²) in [5.41, 5.74) is 0.000417. The van der Waals surface area contributed by atoms with E-state index in [2.05, 4.69) is 19.9 Å². The molecular weight excluding hydrogens is 136 g/mol. The average molecular weight is 152 g/mol. The Bertz CT molecular complexity index is 185. The van der Waals surface area contributed by atoms with Gasteiger partial charge in [-0.2, -0.15) is 0 Å². The van der Waals surface area contributed by atoms with E-state index in [0.717, 1.165) is 0 Å². The van der Waals surface area contributed by atoms with Gasteiger partial charge in [0.15, 0.2) is 5.78 Å². The molecule has 11 heavy (non-hydrogen) atoms. The number of ketones is 1. The second kappa shape index (κ2) is 4.12. The number of rotatable bonds is 3. The summed E-state index contributed by atoms with van der Waals surface area (Å²) in [5, 5.41) is 0. The fourth-order valence-corrected chi connectivity index (χ4v) is 0.817. The fraction of sp³-hybridized carbons (Fsp3) is 0.500. The minimum Gasteiger partial charge on any atom is -0.295 e. The molecule has 0 aromatic heterocycles. The summed E-state index contributed by atoms with van der Waals surface area (Å²) in [6.07, 6.45) is 7.58. The first-order chi connectivity index (χ1) is 4.98. The smallest absolute Gasteiger partial charge is 0.152 e. The van der Waals surface area contributed by atoms with Crippen LogP contribution in [0.4, 0.5) is 0 Å². The Morgan fingerprint density at radius 1 is 1.27 bits per heavy atom. The first-order valence-electron chi connectivity index (χ1n) is 3.81. The molecule has 0 aromatic rings. The Morgan fingerprint density at radius 3 is 2.18 bits per heavy atom. The molecule has 0 N–H and O–H groups in total. The topological polar surface area (TPSA) is 17.1 Å². The van der Waals surface area contributed by atoms with E-state index in [-0.39, 0.29) is 11.2 Å². The van der Waals surface area contributed by atoms with Gasteiger partial charge in [-0.25, -0.2) is 0 Å². The zero-order valence-corrected chi connectivity index (χ0v) is 7.72. The van der Waals surface area contributed by atoms with Gasteiger partial charge in [-0.1, -0.05) is 32.1 Å². The monoisotopic (exact) mass is 152 g/mol. The summed E-state index contributed by atoms with van der Waals surface area (Å²) < 4.78 is 0. The van der Waals surface area contributed by atoms with Crippen molar-refractivity contribution in [3.05, 3.63) is 24.3 Å². The van der Waals surface area contributed by atoms with E-state index in [0.29, 0.717) is 0 Å². The molecular formula is C10H16O. The lowest BCUT2D eigenvalue weighted by Gasteiger charge is -2.13. The fourth-order valence-electron chi connectivity index (χ4n) is 0.817. The third-order valence-corrected chi connectivity index (χ3v) is 1.34. The molecule has 1 nitrogen and oxygen atoms in total. The highest BCUT2D eigenvalue weighted by Gasteiger charge is 2.07. The van der Waals surface area contributed by atoms with E-state index in [4.69, 9.17) is 0 Å². The van der Waals surface area contributed by atoms with Crippen LogP contribution in [0.15, 0.2) is 24.3 Å². The molecule has 0 aliphatic rings. The third kappa shape index (κ3) is 5.59. The van der Waals surface area contributed by atoms with Crippen molar-refractivity contribution in [2.45, 2.75) is 27.7 Å². The van der Waals surface area contributed by atoms with Gasteiger partial charge in [-0.15, -0.1) is 0 Å². The van der Waals surface area contributed by atoms with Crippen molar-refractivity contribution in [3.63, 3.8) is 0 Å². The maximum absolute atomic E-state index is 10.6. The van der Waals surface area contributed by atoms with Crippen molar-refractivity contribution in [3.8, 4) is 0 Å². The summed E-state index contributed by atoms with van der Waals surface area (Å²) >= 11 is 0. The van der Waals surface area contributed by atoms with Crippen LogP contribution in [-0.4, -0.2) is 5.78 Å². The second-order valence-electron chi connectivity index (χ2n) is 3.27. The Hall–Kier alpha value is -0.850. The van der Waals surface area contributed by atoms with Crippen LogP contribution < -0.4 is 0 Å². The zero-order valence-electron chi connectivity index (χ0n) is 7.72. The number of carbonyl (C=O) groups is 1. The summed E-state index contributed by atoms with van der Waals surface area (Å²) in [4.78, 5) is 10.6. The first kappa shape index (κ1) is 10.2. The van der Waals surface area contributed by atoms with Crippen LogP contribution >= 0.6 is 0 Å². The van der Waals surface area contributed by atoms with Crippen molar-refractivity contribution >= 4 is 5.78 Å². The quantitative estimate of drug-likeness (QED) is 0.449. The SMILES string of the molecule is C/C=C\C(C)(C)/C=C/C(C)=O. The van der Waals surface area contributed by atoms with E-state index in [1.54, 1.807) is 13.0 Å². The molecule has 62 valence electrons. The molecule has 0 rings (SSSR count). The zero-order chi connectivity index (χ0) is 8.91. The molecule has 0 aromatic carbocycles. The second-order valence-corrected chi connectivity index (χ2v) is 3.27. The molecule has 0 bridgehead atoms. The molecule has 0 aliphatic heterocycles. The van der Waals surface area contributed by atoms with Gasteiger partial charge in [-0.05, 0) is 19.9 Å². The van der Waals surface area contributed by atoms with Crippen molar-refractivity contribution in [1.82, 2.24) is 0 Å². The van der Waals surface area contributed by atoms with Gasteiger partial charge in [0.25, 0.3) is 0 Å². The van der Waals surface area contributed by atoms with Crippen LogP contribution in [0.5, 0.6) is 0 Å². The van der Waals surface area contributed by atoms with E-state index < -0.39 is 0 Å². The summed E-state index contributed by atoms with van der Waals surface area (Å²) in [6, 6.07) is 0. The lowest BCUT2D eigenvalue weighted by Crippen LogP contribution is -2.02. The largest absolute Gasteiger partial charge is 0.295 e. The Labute approximate surface area is 68.8 Å². The molecule has 0 saturated carbocycles. The molecule has 0 aliphatic carbocycles. The Morgan fingerprint density at radius 2 is 1.82 bits per heavy atom. The summed E-state index contributed by atoms with van der Waals surface area (Å²) in [5.74, 6) is 0.0996. The van der Waals surface area contributed by atoms with Crippen LogP contribution in [0.1, 0.15) is 27.7 Å². The number of hydrogen-bond donors (Lipinski definition) is 0. The van der Waals surface area contributed by atoms with Gasteiger partial charge in [0.1, 0.15) is 0 Å². The third-order valence-electron chi connectivity index (χ3n) is 1.34. The molecule has 0 spiro atoms. The molecule has 0 atom stereocenters. The van der Waals surface area contributed by atoms with Gasteiger partial charge >= 0.3 is 0 Å². The van der Waals surface area contributed by atoms with Crippen LogP contribution in [0, 0.1) is 5.41 Å². The van der Waals surface area contributed by atoms with E-state index in [9.17, 15) is 4.79 Å². The van der Waals surface area contributed by atoms with E-state index in [1.165, 1.54) is 0 Å². The lowest BCUT2D eigenvalue weighted by atomic mass is 9.92. The number of hydrogen-bond acceptors (Lipinski definition) is 1. The normalized spacial score (nSPS) is 13.1. The van der Waals surface area contributed by atoms with Crippen molar-refractivity contribution in [2.24, 2.45) is 5.41 Å². The standard InChI is InChI=1S/C10H16O/c1-5-7-10(3,4)8-6-9(2)11/h5-8H,1-4H3/b7-5-,8-6+. The maximum Gasteiger partial charge on any atom is 0.152 e. The predicted molar refractivity (Wildman–Crippen MR) is 48.4 cm³/mol. The molecule has 0 fully saturated rings. The first-order valence-corrected chi connectivity index (χ1v) is 3.81. The number of allylic oxidation sites excluding steroid dienone is 4. The summed E-state index contributed by atoms with van der Waals surface area (Å²) in [6.45, 7) is 7.66. The van der Waals surface area contributed by atoms with Crippen molar-refractivity contribution in [2.75, 3.05) is 0 Å². The van der Waals surface area contributed by atoms with Gasteiger partial charge in [-0.3, -0.25) is 4.79 Å². The Balaban J connectivity index is 4.22. The van der Waals surface area contributed by atoms with Crippen molar-refractivity contribution < 1.29 is 4.79 Å². The van der Waals surface area contributed by atoms with Crippen LogP contribution in [0.25, 0.3) is 0 Å². The summed E-state index contributed by atoms with van der Waals surface area (Å²) in [7, 11) is 0. The maximum atomic E-state index is 10.6. The van der Waals surface area contributed by atoms with Crippen LogP contribution in [0.3, 0.4) is 0 Å². The minimum atomic E-state index is 0.000417. The average Bonchev–Trinajstić information content (AvgIpc) is 1.84. The lowest BCUT2D eigenvalue weighted by molar-refractivity contribution is -0.112. The highest BCUT2D eigenvalue weighted by Crippen LogP contribution is 2.18. The minimum absolute atomic E-state index is 0.000417.